The van der Waals surface area contributed by atoms with E-state index in [1.807, 2.05) is 0 Å². The van der Waals surface area contributed by atoms with Gasteiger partial charge in [0.25, 0.3) is 0 Å². The molecule has 0 saturated carbocycles. The Kier molecular flexibility index (Phi) is 9.50. The molecule has 146 valence electrons. The van der Waals surface area contributed by atoms with Gasteiger partial charge in [0.1, 0.15) is 0 Å². The molecule has 2 rings (SSSR count). The van der Waals surface area contributed by atoms with Crippen LogP contribution in [0.1, 0.15) is 44.2 Å². The SMILES string of the molecule is CCNC(=NCc1ccccc1CC)NC1CCN(CCCOC)CC1. The third-order valence-corrected chi connectivity index (χ3v) is 5.00. The maximum Gasteiger partial charge on any atom is 0.191 e. The van der Waals surface area contributed by atoms with Crippen LogP contribution < -0.4 is 10.6 Å². The first-order valence-electron chi connectivity index (χ1n) is 10.1. The van der Waals surface area contributed by atoms with Crippen LogP contribution >= 0.6 is 0 Å². The number of hydrogen-bond acceptors (Lipinski definition) is 3. The van der Waals surface area contributed by atoms with Crippen LogP contribution in [0.4, 0.5) is 0 Å². The lowest BCUT2D eigenvalue weighted by atomic mass is 10.0. The van der Waals surface area contributed by atoms with E-state index in [0.717, 1.165) is 58.1 Å². The van der Waals surface area contributed by atoms with Crippen LogP contribution in [0.3, 0.4) is 0 Å². The van der Waals surface area contributed by atoms with E-state index in [2.05, 4.69) is 53.6 Å². The third kappa shape index (κ3) is 6.96. The van der Waals surface area contributed by atoms with E-state index in [4.69, 9.17) is 9.73 Å². The third-order valence-electron chi connectivity index (χ3n) is 5.00. The highest BCUT2D eigenvalue weighted by Crippen LogP contribution is 2.12. The molecule has 0 atom stereocenters. The van der Waals surface area contributed by atoms with Crippen LogP contribution in [0.5, 0.6) is 0 Å². The molecule has 1 aromatic carbocycles. The second-order valence-electron chi connectivity index (χ2n) is 6.92. The Bertz CT molecular complexity index is 539. The Hall–Kier alpha value is -1.59. The second kappa shape index (κ2) is 11.9. The van der Waals surface area contributed by atoms with Gasteiger partial charge in [0, 0.05) is 45.9 Å². The lowest BCUT2D eigenvalue weighted by molar-refractivity contribution is 0.155. The van der Waals surface area contributed by atoms with Crippen molar-refractivity contribution in [3.8, 4) is 0 Å². The van der Waals surface area contributed by atoms with Crippen LogP contribution in [0, 0.1) is 0 Å². The molecule has 1 heterocycles. The number of nitrogens with zero attached hydrogens (tertiary/aromatic N) is 2. The molecule has 1 aliphatic heterocycles. The zero-order chi connectivity index (χ0) is 18.6. The minimum absolute atomic E-state index is 0.507. The summed E-state index contributed by atoms with van der Waals surface area (Å²) in [6.45, 7) is 10.2. The Morgan fingerprint density at radius 1 is 1.19 bits per heavy atom. The minimum atomic E-state index is 0.507. The van der Waals surface area contributed by atoms with Crippen molar-refractivity contribution in [2.75, 3.05) is 39.9 Å². The average Bonchev–Trinajstić information content (AvgIpc) is 2.68. The van der Waals surface area contributed by atoms with Crippen molar-refractivity contribution in [2.45, 2.75) is 52.1 Å². The number of aliphatic imine (C=N–C) groups is 1. The molecule has 1 aliphatic rings. The molecule has 2 N–H and O–H groups in total. The van der Waals surface area contributed by atoms with Gasteiger partial charge in [-0.3, -0.25) is 0 Å². The average molecular weight is 361 g/mol. The summed E-state index contributed by atoms with van der Waals surface area (Å²) in [7, 11) is 1.77. The van der Waals surface area contributed by atoms with Crippen LogP contribution in [0.25, 0.3) is 0 Å². The lowest BCUT2D eigenvalue weighted by Gasteiger charge is -2.33. The molecule has 0 unspecified atom stereocenters. The van der Waals surface area contributed by atoms with Gasteiger partial charge in [-0.25, -0.2) is 4.99 Å². The van der Waals surface area contributed by atoms with E-state index in [1.165, 1.54) is 24.0 Å². The summed E-state index contributed by atoms with van der Waals surface area (Å²) in [4.78, 5) is 7.37. The van der Waals surface area contributed by atoms with E-state index in [0.29, 0.717) is 6.04 Å². The fourth-order valence-electron chi connectivity index (χ4n) is 3.47. The van der Waals surface area contributed by atoms with Gasteiger partial charge in [-0.05, 0) is 43.7 Å². The largest absolute Gasteiger partial charge is 0.385 e. The summed E-state index contributed by atoms with van der Waals surface area (Å²) in [5.41, 5.74) is 2.71. The number of rotatable bonds is 9. The van der Waals surface area contributed by atoms with Crippen LogP contribution in [0.2, 0.25) is 0 Å². The summed E-state index contributed by atoms with van der Waals surface area (Å²) in [6, 6.07) is 9.10. The van der Waals surface area contributed by atoms with Crippen LogP contribution in [0.15, 0.2) is 29.3 Å². The molecule has 0 aliphatic carbocycles. The van der Waals surface area contributed by atoms with E-state index in [1.54, 1.807) is 7.11 Å². The number of benzene rings is 1. The lowest BCUT2D eigenvalue weighted by Crippen LogP contribution is -2.48. The number of likely N-dealkylation sites (tertiary alicyclic amines) is 1. The molecular weight excluding hydrogens is 324 g/mol. The molecule has 0 amide bonds. The Morgan fingerprint density at radius 3 is 2.58 bits per heavy atom. The van der Waals surface area contributed by atoms with Crippen LogP contribution in [-0.4, -0.2) is 56.8 Å². The summed E-state index contributed by atoms with van der Waals surface area (Å²) < 4.78 is 5.15. The van der Waals surface area contributed by atoms with Crippen molar-refractivity contribution in [2.24, 2.45) is 4.99 Å². The minimum Gasteiger partial charge on any atom is -0.385 e. The number of hydrogen-bond donors (Lipinski definition) is 2. The first kappa shape index (κ1) is 20.7. The standard InChI is InChI=1S/C21H36N4O/c1-4-18-9-6-7-10-19(18)17-23-21(22-5-2)24-20-11-14-25(15-12-20)13-8-16-26-3/h6-7,9-10,20H,4-5,8,11-17H2,1-3H3,(H2,22,23,24). The van der Waals surface area contributed by atoms with Gasteiger partial charge in [0.2, 0.25) is 0 Å². The van der Waals surface area contributed by atoms with Crippen molar-refractivity contribution < 1.29 is 4.74 Å². The zero-order valence-electron chi connectivity index (χ0n) is 16.8. The Labute approximate surface area is 159 Å². The number of nitrogens with one attached hydrogen (secondary N) is 2. The molecule has 5 heteroatoms. The van der Waals surface area contributed by atoms with Gasteiger partial charge in [0.05, 0.1) is 6.54 Å². The molecule has 0 radical (unpaired) electrons. The van der Waals surface area contributed by atoms with E-state index in [9.17, 15) is 0 Å². The first-order valence-corrected chi connectivity index (χ1v) is 10.1. The number of piperidine rings is 1. The summed E-state index contributed by atoms with van der Waals surface area (Å²) in [5, 5.41) is 7.04. The maximum absolute atomic E-state index is 5.15. The normalized spacial score (nSPS) is 16.7. The van der Waals surface area contributed by atoms with Gasteiger partial charge < -0.3 is 20.3 Å². The Balaban J connectivity index is 1.84. The fraction of sp³-hybridized carbons (Fsp3) is 0.667. The van der Waals surface area contributed by atoms with Gasteiger partial charge in [-0.15, -0.1) is 0 Å². The quantitative estimate of drug-likeness (QED) is 0.404. The summed E-state index contributed by atoms with van der Waals surface area (Å²) >= 11 is 0. The van der Waals surface area contributed by atoms with E-state index in [-0.39, 0.29) is 0 Å². The van der Waals surface area contributed by atoms with Gasteiger partial charge in [-0.2, -0.15) is 0 Å². The molecule has 1 saturated heterocycles. The molecule has 1 aromatic rings. The first-order chi connectivity index (χ1) is 12.8. The van der Waals surface area contributed by atoms with Crippen molar-refractivity contribution in [1.82, 2.24) is 15.5 Å². The monoisotopic (exact) mass is 360 g/mol. The fourth-order valence-corrected chi connectivity index (χ4v) is 3.47. The van der Waals surface area contributed by atoms with Crippen LogP contribution in [-0.2, 0) is 17.7 Å². The van der Waals surface area contributed by atoms with E-state index < -0.39 is 0 Å². The molecule has 0 spiro atoms. The number of guanidine groups is 1. The highest BCUT2D eigenvalue weighted by molar-refractivity contribution is 5.80. The molecule has 26 heavy (non-hydrogen) atoms. The zero-order valence-corrected chi connectivity index (χ0v) is 16.8. The second-order valence-corrected chi connectivity index (χ2v) is 6.92. The Morgan fingerprint density at radius 2 is 1.92 bits per heavy atom. The highest BCUT2D eigenvalue weighted by Gasteiger charge is 2.19. The van der Waals surface area contributed by atoms with E-state index >= 15 is 0 Å². The molecule has 0 bridgehead atoms. The predicted octanol–water partition coefficient (Wildman–Crippen LogP) is 2.81. The molecular formula is C21H36N4O. The van der Waals surface area contributed by atoms with Crippen molar-refractivity contribution in [1.29, 1.82) is 0 Å². The number of methoxy groups -OCH3 is 1. The topological polar surface area (TPSA) is 48.9 Å². The van der Waals surface area contributed by atoms with Gasteiger partial charge in [-0.1, -0.05) is 31.2 Å². The molecule has 0 aromatic heterocycles. The van der Waals surface area contributed by atoms with Crippen molar-refractivity contribution in [3.05, 3.63) is 35.4 Å². The smallest absolute Gasteiger partial charge is 0.191 e. The molecule has 5 nitrogen and oxygen atoms in total. The summed E-state index contributed by atoms with van der Waals surface area (Å²) in [5.74, 6) is 0.941. The molecule has 1 fully saturated rings. The maximum atomic E-state index is 5.15. The number of aryl methyl sites for hydroxylation is 1. The summed E-state index contributed by atoms with van der Waals surface area (Å²) in [6.07, 6.45) is 4.51. The highest BCUT2D eigenvalue weighted by atomic mass is 16.5. The number of ether oxygens (including phenoxy) is 1. The van der Waals surface area contributed by atoms with Gasteiger partial charge in [0.15, 0.2) is 5.96 Å². The van der Waals surface area contributed by atoms with Gasteiger partial charge >= 0.3 is 0 Å². The predicted molar refractivity (Wildman–Crippen MR) is 110 cm³/mol. The van der Waals surface area contributed by atoms with Crippen molar-refractivity contribution >= 4 is 5.96 Å². The van der Waals surface area contributed by atoms with Crippen molar-refractivity contribution in [3.63, 3.8) is 0 Å².